The number of epoxide rings is 1. The second kappa shape index (κ2) is 4.09. The van der Waals surface area contributed by atoms with Gasteiger partial charge in [0, 0.05) is 0 Å². The van der Waals surface area contributed by atoms with Gasteiger partial charge in [-0.05, 0) is 23.9 Å². The number of ether oxygens (including phenoxy) is 1. The fraction of sp³-hybridized carbons (Fsp3) is 0.333. The maximum absolute atomic E-state index is 11.8. The van der Waals surface area contributed by atoms with Crippen LogP contribution in [-0.2, 0) is 14.8 Å². The molecule has 1 heterocycles. The Balaban J connectivity index is 2.18. The second-order valence-corrected chi connectivity index (χ2v) is 5.71. The number of sulfonamides is 1. The molecule has 0 aromatic heterocycles. The summed E-state index contributed by atoms with van der Waals surface area (Å²) in [5, 5.41) is 0. The summed E-state index contributed by atoms with van der Waals surface area (Å²) in [6.45, 7) is 0.770. The molecule has 1 saturated heterocycles. The quantitative estimate of drug-likeness (QED) is 0.594. The first kappa shape index (κ1) is 10.9. The van der Waals surface area contributed by atoms with Crippen molar-refractivity contribution in [2.75, 3.05) is 13.2 Å². The Hall–Kier alpha value is -0.620. The molecule has 1 aliphatic rings. The fourth-order valence-corrected chi connectivity index (χ4v) is 2.62. The van der Waals surface area contributed by atoms with Gasteiger partial charge in [-0.1, -0.05) is 18.2 Å². The minimum atomic E-state index is -3.58. The summed E-state index contributed by atoms with van der Waals surface area (Å²) < 4.78 is 29.4. The first-order valence-electron chi connectivity index (χ1n) is 4.46. The van der Waals surface area contributed by atoms with E-state index in [1.165, 1.54) is 12.1 Å². The number of halogens is 1. The Morgan fingerprint density at radius 1 is 1.40 bits per heavy atom. The molecule has 1 fully saturated rings. The maximum atomic E-state index is 11.8. The van der Waals surface area contributed by atoms with Gasteiger partial charge in [-0.2, -0.15) is 0 Å². The zero-order chi connectivity index (χ0) is 10.9. The SMILES string of the molecule is O=S(=O)(c1ccccc1)N(Cl)CC1CO1. The molecule has 82 valence electrons. The topological polar surface area (TPSA) is 49.9 Å². The number of benzene rings is 1. The largest absolute Gasteiger partial charge is 0.372 e. The van der Waals surface area contributed by atoms with Crippen LogP contribution in [0.3, 0.4) is 0 Å². The van der Waals surface area contributed by atoms with E-state index in [-0.39, 0.29) is 17.5 Å². The van der Waals surface area contributed by atoms with Crippen LogP contribution in [0, 0.1) is 0 Å². The van der Waals surface area contributed by atoms with Gasteiger partial charge >= 0.3 is 0 Å². The molecule has 1 unspecified atom stereocenters. The van der Waals surface area contributed by atoms with Crippen LogP contribution in [0.5, 0.6) is 0 Å². The minimum Gasteiger partial charge on any atom is -0.372 e. The van der Waals surface area contributed by atoms with Crippen molar-refractivity contribution in [3.8, 4) is 0 Å². The van der Waals surface area contributed by atoms with Crippen LogP contribution in [0.1, 0.15) is 0 Å². The monoisotopic (exact) mass is 247 g/mol. The normalized spacial score (nSPS) is 20.5. The summed E-state index contributed by atoms with van der Waals surface area (Å²) in [6.07, 6.45) is -0.0546. The highest BCUT2D eigenvalue weighted by Gasteiger charge is 2.31. The third-order valence-corrected chi connectivity index (χ3v) is 4.27. The Bertz CT molecular complexity index is 430. The summed E-state index contributed by atoms with van der Waals surface area (Å²) >= 11 is 5.71. The molecule has 1 atom stereocenters. The summed E-state index contributed by atoms with van der Waals surface area (Å²) in [6, 6.07) is 8.09. The average molecular weight is 248 g/mol. The van der Waals surface area contributed by atoms with Crippen molar-refractivity contribution in [2.24, 2.45) is 0 Å². The van der Waals surface area contributed by atoms with Gasteiger partial charge < -0.3 is 4.74 Å². The van der Waals surface area contributed by atoms with Crippen molar-refractivity contribution in [2.45, 2.75) is 11.0 Å². The molecule has 1 aromatic rings. The summed E-state index contributed by atoms with van der Waals surface area (Å²) in [7, 11) is -3.58. The Kier molecular flexibility index (Phi) is 2.97. The van der Waals surface area contributed by atoms with Crippen molar-refractivity contribution >= 4 is 21.8 Å². The highest BCUT2D eigenvalue weighted by molar-refractivity contribution is 7.90. The van der Waals surface area contributed by atoms with E-state index in [1.807, 2.05) is 0 Å². The second-order valence-electron chi connectivity index (χ2n) is 3.24. The van der Waals surface area contributed by atoms with Crippen molar-refractivity contribution in [1.82, 2.24) is 3.82 Å². The van der Waals surface area contributed by atoms with Gasteiger partial charge in [0.1, 0.15) is 0 Å². The number of nitrogens with zero attached hydrogens (tertiary/aromatic N) is 1. The third-order valence-electron chi connectivity index (χ3n) is 2.05. The van der Waals surface area contributed by atoms with Crippen LogP contribution in [0.4, 0.5) is 0 Å². The first-order valence-corrected chi connectivity index (χ1v) is 6.23. The number of rotatable bonds is 4. The summed E-state index contributed by atoms with van der Waals surface area (Å²) in [4.78, 5) is 0.195. The van der Waals surface area contributed by atoms with E-state index in [1.54, 1.807) is 18.2 Å². The highest BCUT2D eigenvalue weighted by atomic mass is 35.5. The van der Waals surface area contributed by atoms with E-state index in [2.05, 4.69) is 0 Å². The van der Waals surface area contributed by atoms with Crippen LogP contribution < -0.4 is 0 Å². The van der Waals surface area contributed by atoms with Gasteiger partial charge in [0.25, 0.3) is 10.0 Å². The van der Waals surface area contributed by atoms with Gasteiger partial charge in [0.05, 0.1) is 24.2 Å². The van der Waals surface area contributed by atoms with Crippen LogP contribution in [0.25, 0.3) is 0 Å². The van der Waals surface area contributed by atoms with E-state index in [0.717, 1.165) is 3.82 Å². The average Bonchev–Trinajstić information content (AvgIpc) is 3.03. The summed E-state index contributed by atoms with van der Waals surface area (Å²) in [5.41, 5.74) is 0. The molecule has 6 heteroatoms. The van der Waals surface area contributed by atoms with E-state index < -0.39 is 10.0 Å². The molecule has 0 aliphatic carbocycles. The van der Waals surface area contributed by atoms with Crippen LogP contribution in [-0.4, -0.2) is 31.5 Å². The van der Waals surface area contributed by atoms with E-state index in [9.17, 15) is 8.42 Å². The lowest BCUT2D eigenvalue weighted by Gasteiger charge is -2.12. The van der Waals surface area contributed by atoms with Crippen LogP contribution >= 0.6 is 11.8 Å². The maximum Gasteiger partial charge on any atom is 0.256 e. The number of hydrogen-bond acceptors (Lipinski definition) is 3. The first-order chi connectivity index (χ1) is 7.10. The van der Waals surface area contributed by atoms with Crippen LogP contribution in [0.15, 0.2) is 35.2 Å². The highest BCUT2D eigenvalue weighted by Crippen LogP contribution is 2.20. The Morgan fingerprint density at radius 2 is 2.00 bits per heavy atom. The molecule has 0 bridgehead atoms. The molecule has 0 radical (unpaired) electrons. The van der Waals surface area contributed by atoms with Gasteiger partial charge in [-0.25, -0.2) is 8.42 Å². The third kappa shape index (κ3) is 2.49. The molecule has 0 N–H and O–H groups in total. The van der Waals surface area contributed by atoms with Crippen molar-refractivity contribution in [3.05, 3.63) is 30.3 Å². The molecular weight excluding hydrogens is 238 g/mol. The Morgan fingerprint density at radius 3 is 2.53 bits per heavy atom. The summed E-state index contributed by atoms with van der Waals surface area (Å²) in [5.74, 6) is 0. The van der Waals surface area contributed by atoms with E-state index in [0.29, 0.717) is 6.61 Å². The molecule has 4 nitrogen and oxygen atoms in total. The van der Waals surface area contributed by atoms with E-state index in [4.69, 9.17) is 16.5 Å². The smallest absolute Gasteiger partial charge is 0.256 e. The van der Waals surface area contributed by atoms with Crippen LogP contribution in [0.2, 0.25) is 0 Å². The zero-order valence-electron chi connectivity index (χ0n) is 7.84. The zero-order valence-corrected chi connectivity index (χ0v) is 9.41. The number of hydrogen-bond donors (Lipinski definition) is 0. The van der Waals surface area contributed by atoms with Gasteiger partial charge in [-0.3, -0.25) is 0 Å². The molecule has 0 spiro atoms. The Labute approximate surface area is 93.6 Å². The van der Waals surface area contributed by atoms with Crippen molar-refractivity contribution in [3.63, 3.8) is 0 Å². The lowest BCUT2D eigenvalue weighted by molar-refractivity contribution is 0.385. The minimum absolute atomic E-state index is 0.0546. The molecule has 0 saturated carbocycles. The molecule has 2 rings (SSSR count). The lowest BCUT2D eigenvalue weighted by atomic mass is 10.4. The van der Waals surface area contributed by atoms with E-state index >= 15 is 0 Å². The molecule has 1 aromatic carbocycles. The predicted molar refractivity (Wildman–Crippen MR) is 55.9 cm³/mol. The van der Waals surface area contributed by atoms with Crippen molar-refractivity contribution in [1.29, 1.82) is 0 Å². The van der Waals surface area contributed by atoms with Crippen molar-refractivity contribution < 1.29 is 13.2 Å². The standard InChI is InChI=1S/C9H10ClNO3S/c10-11(6-8-7-14-8)15(12,13)9-4-2-1-3-5-9/h1-5,8H,6-7H2. The van der Waals surface area contributed by atoms with Gasteiger partial charge in [0.2, 0.25) is 0 Å². The molecule has 0 amide bonds. The van der Waals surface area contributed by atoms with Gasteiger partial charge in [0.15, 0.2) is 0 Å². The molecular formula is C9H10ClNO3S. The molecule has 15 heavy (non-hydrogen) atoms. The molecule has 1 aliphatic heterocycles. The lowest BCUT2D eigenvalue weighted by Crippen LogP contribution is -2.25. The fourth-order valence-electron chi connectivity index (χ4n) is 1.14. The predicted octanol–water partition coefficient (Wildman–Crippen LogP) is 1.23. The van der Waals surface area contributed by atoms with Gasteiger partial charge in [-0.15, -0.1) is 3.82 Å².